The molecule has 152 valence electrons. The molecule has 0 aliphatic heterocycles. The minimum atomic E-state index is -0.279. The molecule has 0 radical (unpaired) electrons. The number of carbonyl (C=O) groups is 1. The second-order valence-corrected chi connectivity index (χ2v) is 9.11. The van der Waals surface area contributed by atoms with E-state index in [1.807, 2.05) is 32.9 Å². The third-order valence-corrected chi connectivity index (χ3v) is 5.38. The first-order chi connectivity index (χ1) is 12.8. The fourth-order valence-electron chi connectivity index (χ4n) is 3.32. The summed E-state index contributed by atoms with van der Waals surface area (Å²) in [5.74, 6) is 1.05. The highest BCUT2D eigenvalue weighted by Gasteiger charge is 2.17. The summed E-state index contributed by atoms with van der Waals surface area (Å²) in [6.07, 6.45) is 7.82. The van der Waals surface area contributed by atoms with E-state index < -0.39 is 0 Å². The van der Waals surface area contributed by atoms with Crippen LogP contribution in [0.4, 0.5) is 0 Å². The van der Waals surface area contributed by atoms with E-state index in [0.717, 1.165) is 16.6 Å². The Labute approximate surface area is 171 Å². The molecule has 0 atom stereocenters. The van der Waals surface area contributed by atoms with Gasteiger partial charge >= 0.3 is 0 Å². The van der Waals surface area contributed by atoms with Crippen molar-refractivity contribution in [1.82, 2.24) is 10.6 Å². The van der Waals surface area contributed by atoms with Crippen molar-refractivity contribution in [2.75, 3.05) is 13.7 Å². The van der Waals surface area contributed by atoms with Gasteiger partial charge in [0, 0.05) is 22.6 Å². The summed E-state index contributed by atoms with van der Waals surface area (Å²) < 4.78 is 12.1. The van der Waals surface area contributed by atoms with Crippen molar-refractivity contribution < 1.29 is 14.3 Å². The lowest BCUT2D eigenvalue weighted by atomic mass is 10.1. The van der Waals surface area contributed by atoms with Crippen molar-refractivity contribution in [2.45, 2.75) is 77.4 Å². The number of halogens is 1. The summed E-state index contributed by atoms with van der Waals surface area (Å²) in [7, 11) is 1.62. The molecule has 1 aromatic rings. The van der Waals surface area contributed by atoms with Gasteiger partial charge in [0.15, 0.2) is 18.1 Å². The highest BCUT2D eigenvalue weighted by Crippen LogP contribution is 2.34. The van der Waals surface area contributed by atoms with Gasteiger partial charge in [0.1, 0.15) is 0 Å². The Kier molecular flexibility index (Phi) is 8.42. The van der Waals surface area contributed by atoms with Gasteiger partial charge in [-0.15, -0.1) is 0 Å². The lowest BCUT2D eigenvalue weighted by molar-refractivity contribution is -0.124. The predicted octanol–water partition coefficient (Wildman–Crippen LogP) is 4.56. The minimum Gasteiger partial charge on any atom is -0.493 e. The van der Waals surface area contributed by atoms with Gasteiger partial charge in [0.05, 0.1) is 7.11 Å². The van der Waals surface area contributed by atoms with Gasteiger partial charge < -0.3 is 20.1 Å². The van der Waals surface area contributed by atoms with Crippen LogP contribution in [-0.2, 0) is 11.3 Å². The van der Waals surface area contributed by atoms with Crippen LogP contribution >= 0.6 is 15.9 Å². The predicted molar refractivity (Wildman–Crippen MR) is 112 cm³/mol. The van der Waals surface area contributed by atoms with E-state index in [-0.39, 0.29) is 18.1 Å². The molecular formula is C21H33BrN2O3. The third kappa shape index (κ3) is 7.70. The van der Waals surface area contributed by atoms with E-state index in [4.69, 9.17) is 9.47 Å². The Bertz CT molecular complexity index is 621. The van der Waals surface area contributed by atoms with Gasteiger partial charge in [-0.1, -0.05) is 41.6 Å². The molecule has 0 unspecified atom stereocenters. The number of hydrogen-bond donors (Lipinski definition) is 2. The quantitative estimate of drug-likeness (QED) is 0.609. The Morgan fingerprint density at radius 3 is 2.41 bits per heavy atom. The van der Waals surface area contributed by atoms with E-state index in [0.29, 0.717) is 17.5 Å². The Hall–Kier alpha value is -1.27. The van der Waals surface area contributed by atoms with Crippen molar-refractivity contribution in [3.8, 4) is 11.5 Å². The smallest absolute Gasteiger partial charge is 0.258 e. The van der Waals surface area contributed by atoms with Crippen molar-refractivity contribution in [3.05, 3.63) is 22.2 Å². The number of ether oxygens (including phenoxy) is 2. The topological polar surface area (TPSA) is 59.6 Å². The van der Waals surface area contributed by atoms with Crippen molar-refractivity contribution in [2.24, 2.45) is 0 Å². The first-order valence-corrected chi connectivity index (χ1v) is 10.6. The van der Waals surface area contributed by atoms with Crippen molar-refractivity contribution >= 4 is 21.8 Å². The van der Waals surface area contributed by atoms with E-state index in [1.54, 1.807) is 7.11 Å². The molecule has 1 aliphatic rings. The van der Waals surface area contributed by atoms with Gasteiger partial charge in [-0.2, -0.15) is 0 Å². The third-order valence-electron chi connectivity index (χ3n) is 4.64. The maximum atomic E-state index is 12.0. The second-order valence-electron chi connectivity index (χ2n) is 8.25. The average molecular weight is 441 g/mol. The molecule has 1 saturated carbocycles. The maximum Gasteiger partial charge on any atom is 0.258 e. The molecule has 2 rings (SSSR count). The van der Waals surface area contributed by atoms with Crippen LogP contribution < -0.4 is 20.1 Å². The molecular weight excluding hydrogens is 408 g/mol. The molecule has 6 heteroatoms. The van der Waals surface area contributed by atoms with E-state index >= 15 is 0 Å². The monoisotopic (exact) mass is 440 g/mol. The summed E-state index contributed by atoms with van der Waals surface area (Å²) in [6.45, 7) is 6.57. The van der Waals surface area contributed by atoms with E-state index in [1.165, 1.54) is 38.5 Å². The van der Waals surface area contributed by atoms with Crippen LogP contribution in [-0.4, -0.2) is 31.2 Å². The van der Waals surface area contributed by atoms with Gasteiger partial charge in [0.25, 0.3) is 5.91 Å². The fourth-order valence-corrected chi connectivity index (χ4v) is 3.78. The van der Waals surface area contributed by atoms with Crippen LogP contribution in [0.25, 0.3) is 0 Å². The average Bonchev–Trinajstić information content (AvgIpc) is 2.86. The Balaban J connectivity index is 1.97. The first kappa shape index (κ1) is 22.0. The molecule has 27 heavy (non-hydrogen) atoms. The molecule has 0 aromatic heterocycles. The number of nitrogens with one attached hydrogen (secondary N) is 2. The van der Waals surface area contributed by atoms with Gasteiger partial charge in [-0.3, -0.25) is 4.79 Å². The van der Waals surface area contributed by atoms with Crippen LogP contribution in [0.1, 0.15) is 64.9 Å². The molecule has 1 fully saturated rings. The zero-order valence-corrected chi connectivity index (χ0v) is 18.6. The number of hydrogen-bond acceptors (Lipinski definition) is 4. The molecule has 1 amide bonds. The highest BCUT2D eigenvalue weighted by molar-refractivity contribution is 9.10. The van der Waals surface area contributed by atoms with Crippen LogP contribution in [0.15, 0.2) is 16.6 Å². The summed E-state index contributed by atoms with van der Waals surface area (Å²) in [5.41, 5.74) is 0.848. The SMILES string of the molecule is COc1cc(CNC2CCCCCC2)c(Br)cc1OCC(=O)NC(C)(C)C. The van der Waals surface area contributed by atoms with Crippen LogP contribution in [0, 0.1) is 0 Å². The molecule has 5 nitrogen and oxygen atoms in total. The number of rotatable bonds is 7. The molecule has 0 saturated heterocycles. The lowest BCUT2D eigenvalue weighted by Crippen LogP contribution is -2.43. The van der Waals surface area contributed by atoms with E-state index in [2.05, 4.69) is 26.6 Å². The molecule has 1 aromatic carbocycles. The van der Waals surface area contributed by atoms with Gasteiger partial charge in [0.2, 0.25) is 0 Å². The number of carbonyl (C=O) groups excluding carboxylic acids is 1. The second kappa shape index (κ2) is 10.3. The fraction of sp³-hybridized carbons (Fsp3) is 0.667. The Morgan fingerprint density at radius 1 is 1.15 bits per heavy atom. The van der Waals surface area contributed by atoms with Crippen molar-refractivity contribution in [1.29, 1.82) is 0 Å². The number of benzene rings is 1. The van der Waals surface area contributed by atoms with Crippen LogP contribution in [0.3, 0.4) is 0 Å². The lowest BCUT2D eigenvalue weighted by Gasteiger charge is -2.21. The Morgan fingerprint density at radius 2 is 1.81 bits per heavy atom. The molecule has 0 spiro atoms. The van der Waals surface area contributed by atoms with Crippen LogP contribution in [0.2, 0.25) is 0 Å². The standard InChI is InChI=1S/C21H33BrN2O3/c1-21(2,3)24-20(25)14-27-19-12-17(22)15(11-18(19)26-4)13-23-16-9-7-5-6-8-10-16/h11-12,16,23H,5-10,13-14H2,1-4H3,(H,24,25). The highest BCUT2D eigenvalue weighted by atomic mass is 79.9. The maximum absolute atomic E-state index is 12.0. The molecule has 1 aliphatic carbocycles. The first-order valence-electron chi connectivity index (χ1n) is 9.82. The zero-order valence-electron chi connectivity index (χ0n) is 17.0. The summed E-state index contributed by atoms with van der Waals surface area (Å²) >= 11 is 3.63. The minimum absolute atomic E-state index is 0.0419. The summed E-state index contributed by atoms with van der Waals surface area (Å²) in [6, 6.07) is 4.44. The van der Waals surface area contributed by atoms with Crippen molar-refractivity contribution in [3.63, 3.8) is 0 Å². The summed E-state index contributed by atoms with van der Waals surface area (Å²) in [4.78, 5) is 12.0. The normalized spacial score (nSPS) is 15.9. The van der Waals surface area contributed by atoms with E-state index in [9.17, 15) is 4.79 Å². The molecule has 0 bridgehead atoms. The van der Waals surface area contributed by atoms with Gasteiger partial charge in [-0.25, -0.2) is 0 Å². The number of amides is 1. The number of methoxy groups -OCH3 is 1. The molecule has 0 heterocycles. The van der Waals surface area contributed by atoms with Crippen LogP contribution in [0.5, 0.6) is 11.5 Å². The largest absolute Gasteiger partial charge is 0.493 e. The summed E-state index contributed by atoms with van der Waals surface area (Å²) in [5, 5.41) is 6.56. The molecule has 2 N–H and O–H groups in total. The van der Waals surface area contributed by atoms with Gasteiger partial charge in [-0.05, 0) is 51.3 Å². The zero-order chi connectivity index (χ0) is 19.9.